The zero-order valence-corrected chi connectivity index (χ0v) is 18.5. The molecule has 0 unspecified atom stereocenters. The van der Waals surface area contributed by atoms with Crippen molar-refractivity contribution in [1.82, 2.24) is 15.5 Å². The maximum Gasteiger partial charge on any atom is 0.255 e. The van der Waals surface area contributed by atoms with E-state index in [1.165, 1.54) is 0 Å². The lowest BCUT2D eigenvalue weighted by atomic mass is 10.0. The van der Waals surface area contributed by atoms with E-state index < -0.39 is 6.04 Å². The van der Waals surface area contributed by atoms with Crippen LogP contribution in [0.25, 0.3) is 10.8 Å². The summed E-state index contributed by atoms with van der Waals surface area (Å²) in [5, 5.41) is 7.53. The Kier molecular flexibility index (Phi) is 6.88. The van der Waals surface area contributed by atoms with Gasteiger partial charge in [0.05, 0.1) is 7.11 Å². The van der Waals surface area contributed by atoms with Crippen molar-refractivity contribution in [2.24, 2.45) is 0 Å². The van der Waals surface area contributed by atoms with Gasteiger partial charge in [-0.05, 0) is 53.9 Å². The first kappa shape index (κ1) is 22.3. The van der Waals surface area contributed by atoms with Crippen LogP contribution in [0.1, 0.15) is 33.6 Å². The third-order valence-electron chi connectivity index (χ3n) is 5.90. The lowest BCUT2D eigenvalue weighted by molar-refractivity contribution is -0.124. The van der Waals surface area contributed by atoms with Crippen LogP contribution in [0.15, 0.2) is 66.7 Å². The molecule has 0 radical (unpaired) electrons. The summed E-state index contributed by atoms with van der Waals surface area (Å²) in [5.41, 5.74) is 1.13. The van der Waals surface area contributed by atoms with Gasteiger partial charge in [-0.2, -0.15) is 0 Å². The number of nitrogens with one attached hydrogen (secondary N) is 2. The quantitative estimate of drug-likeness (QED) is 0.548. The average molecular weight is 446 g/mol. The highest BCUT2D eigenvalue weighted by Gasteiger charge is 2.34. The molecule has 33 heavy (non-hydrogen) atoms. The summed E-state index contributed by atoms with van der Waals surface area (Å²) in [6.45, 7) is 1.13. The van der Waals surface area contributed by atoms with Gasteiger partial charge in [0.2, 0.25) is 5.91 Å². The Balaban J connectivity index is 1.32. The first-order valence-corrected chi connectivity index (χ1v) is 11.1. The van der Waals surface area contributed by atoms with Crippen LogP contribution in [0.3, 0.4) is 0 Å². The molecule has 1 atom stereocenters. The van der Waals surface area contributed by atoms with E-state index in [0.29, 0.717) is 36.4 Å². The lowest BCUT2D eigenvalue weighted by Crippen LogP contribution is -2.47. The topological polar surface area (TPSA) is 87.7 Å². The predicted octanol–water partition coefficient (Wildman–Crippen LogP) is 3.00. The first-order chi connectivity index (χ1) is 16.1. The van der Waals surface area contributed by atoms with Crippen LogP contribution in [0, 0.1) is 0 Å². The monoisotopic (exact) mass is 445 g/mol. The van der Waals surface area contributed by atoms with Crippen LogP contribution in [-0.2, 0) is 4.79 Å². The zero-order valence-electron chi connectivity index (χ0n) is 18.5. The Morgan fingerprint density at radius 2 is 1.67 bits per heavy atom. The minimum Gasteiger partial charge on any atom is -0.497 e. The van der Waals surface area contributed by atoms with E-state index >= 15 is 0 Å². The Hall–Kier alpha value is -3.87. The SMILES string of the molecule is COc1ccc(C(=O)NCCNC(=O)[C@@H]2CCCN2C(=O)c2cccc3ccccc23)cc1. The number of likely N-dealkylation sites (tertiary alicyclic amines) is 1. The number of fused-ring (bicyclic) bond motifs is 1. The number of hydrogen-bond acceptors (Lipinski definition) is 4. The zero-order chi connectivity index (χ0) is 23.2. The number of carbonyl (C=O) groups excluding carboxylic acids is 3. The highest BCUT2D eigenvalue weighted by Crippen LogP contribution is 2.25. The summed E-state index contributed by atoms with van der Waals surface area (Å²) in [5.74, 6) is 0.135. The molecule has 0 saturated carbocycles. The Morgan fingerprint density at radius 3 is 2.45 bits per heavy atom. The van der Waals surface area contributed by atoms with Crippen LogP contribution < -0.4 is 15.4 Å². The predicted molar refractivity (Wildman–Crippen MR) is 126 cm³/mol. The first-order valence-electron chi connectivity index (χ1n) is 11.1. The second kappa shape index (κ2) is 10.2. The number of nitrogens with zero attached hydrogens (tertiary/aromatic N) is 1. The molecule has 170 valence electrons. The Labute approximate surface area is 192 Å². The van der Waals surface area contributed by atoms with Crippen molar-refractivity contribution in [2.75, 3.05) is 26.7 Å². The van der Waals surface area contributed by atoms with Crippen molar-refractivity contribution >= 4 is 28.5 Å². The molecule has 0 aromatic heterocycles. The van der Waals surface area contributed by atoms with Crippen LogP contribution in [0.5, 0.6) is 5.75 Å². The molecule has 1 aliphatic rings. The van der Waals surface area contributed by atoms with Crippen molar-refractivity contribution in [3.05, 3.63) is 77.9 Å². The van der Waals surface area contributed by atoms with Gasteiger partial charge in [-0.1, -0.05) is 36.4 Å². The molecule has 1 saturated heterocycles. The highest BCUT2D eigenvalue weighted by atomic mass is 16.5. The third-order valence-corrected chi connectivity index (χ3v) is 5.90. The summed E-state index contributed by atoms with van der Waals surface area (Å²) >= 11 is 0. The maximum atomic E-state index is 13.3. The van der Waals surface area contributed by atoms with Gasteiger partial charge in [0.25, 0.3) is 11.8 Å². The molecule has 3 aromatic rings. The fourth-order valence-corrected chi connectivity index (χ4v) is 4.17. The summed E-state index contributed by atoms with van der Waals surface area (Å²) in [7, 11) is 1.57. The van der Waals surface area contributed by atoms with Crippen molar-refractivity contribution in [2.45, 2.75) is 18.9 Å². The largest absolute Gasteiger partial charge is 0.497 e. The normalized spacial score (nSPS) is 15.3. The summed E-state index contributed by atoms with van der Waals surface area (Å²) in [6, 6.07) is 19.7. The van der Waals surface area contributed by atoms with Gasteiger partial charge in [-0.25, -0.2) is 0 Å². The van der Waals surface area contributed by atoms with Crippen LogP contribution in [0.4, 0.5) is 0 Å². The Morgan fingerprint density at radius 1 is 0.939 bits per heavy atom. The maximum absolute atomic E-state index is 13.3. The van der Waals surface area contributed by atoms with Crippen LogP contribution in [-0.4, -0.2) is 55.4 Å². The molecule has 1 heterocycles. The molecule has 0 aliphatic carbocycles. The molecule has 7 nitrogen and oxygen atoms in total. The fourth-order valence-electron chi connectivity index (χ4n) is 4.17. The van der Waals surface area contributed by atoms with Gasteiger partial charge >= 0.3 is 0 Å². The smallest absolute Gasteiger partial charge is 0.255 e. The number of ether oxygens (including phenoxy) is 1. The lowest BCUT2D eigenvalue weighted by Gasteiger charge is -2.24. The summed E-state index contributed by atoms with van der Waals surface area (Å²) in [4.78, 5) is 40.0. The van der Waals surface area contributed by atoms with Gasteiger partial charge < -0.3 is 20.3 Å². The number of carbonyl (C=O) groups is 3. The van der Waals surface area contributed by atoms with Crippen molar-refractivity contribution in [3.8, 4) is 5.75 Å². The molecule has 4 rings (SSSR count). The molecule has 0 bridgehead atoms. The van der Waals surface area contributed by atoms with Crippen LogP contribution in [0.2, 0.25) is 0 Å². The second-order valence-electron chi connectivity index (χ2n) is 7.96. The van der Waals surface area contributed by atoms with Gasteiger partial charge in [0.1, 0.15) is 11.8 Å². The molecule has 1 fully saturated rings. The van der Waals surface area contributed by atoms with Gasteiger partial charge in [0.15, 0.2) is 0 Å². The van der Waals surface area contributed by atoms with E-state index in [4.69, 9.17) is 4.74 Å². The average Bonchev–Trinajstić information content (AvgIpc) is 3.36. The van der Waals surface area contributed by atoms with E-state index in [2.05, 4.69) is 10.6 Å². The number of methoxy groups -OCH3 is 1. The standard InChI is InChI=1S/C26H27N3O4/c1-33-20-13-11-19(12-14-20)24(30)27-15-16-28-25(31)23-10-5-17-29(23)26(32)22-9-4-7-18-6-2-3-8-21(18)22/h2-4,6-9,11-14,23H,5,10,15-17H2,1H3,(H,27,30)(H,28,31)/t23-/m0/s1. The second-order valence-corrected chi connectivity index (χ2v) is 7.96. The van der Waals surface area contributed by atoms with Gasteiger partial charge in [-0.15, -0.1) is 0 Å². The van der Waals surface area contributed by atoms with E-state index in [9.17, 15) is 14.4 Å². The third kappa shape index (κ3) is 4.98. The molecule has 2 N–H and O–H groups in total. The number of amides is 3. The number of hydrogen-bond donors (Lipinski definition) is 2. The number of benzene rings is 3. The van der Waals surface area contributed by atoms with Gasteiger partial charge in [0, 0.05) is 30.8 Å². The molecule has 0 spiro atoms. The molecule has 3 amide bonds. The highest BCUT2D eigenvalue weighted by molar-refractivity contribution is 6.08. The molecule has 1 aliphatic heterocycles. The van der Waals surface area contributed by atoms with E-state index in [1.807, 2.05) is 42.5 Å². The Bertz CT molecular complexity index is 1150. The minimum atomic E-state index is -0.506. The van der Waals surface area contributed by atoms with Crippen molar-refractivity contribution < 1.29 is 19.1 Å². The molecule has 7 heteroatoms. The summed E-state index contributed by atoms with van der Waals surface area (Å²) < 4.78 is 5.09. The van der Waals surface area contributed by atoms with Gasteiger partial charge in [-0.3, -0.25) is 14.4 Å². The fraction of sp³-hybridized carbons (Fsp3) is 0.269. The summed E-state index contributed by atoms with van der Waals surface area (Å²) in [6.07, 6.45) is 1.41. The van der Waals surface area contributed by atoms with E-state index in [0.717, 1.165) is 17.2 Å². The van der Waals surface area contributed by atoms with Crippen molar-refractivity contribution in [1.29, 1.82) is 0 Å². The van der Waals surface area contributed by atoms with Crippen molar-refractivity contribution in [3.63, 3.8) is 0 Å². The van der Waals surface area contributed by atoms with Crippen LogP contribution >= 0.6 is 0 Å². The molecular formula is C26H27N3O4. The minimum absolute atomic E-state index is 0.128. The molecular weight excluding hydrogens is 418 g/mol. The van der Waals surface area contributed by atoms with E-state index in [-0.39, 0.29) is 24.3 Å². The van der Waals surface area contributed by atoms with E-state index in [1.54, 1.807) is 36.3 Å². The molecule has 3 aromatic carbocycles. The number of rotatable bonds is 7.